The summed E-state index contributed by atoms with van der Waals surface area (Å²) in [6.45, 7) is 7.74. The number of carbonyl (C=O) groups is 1. The van der Waals surface area contributed by atoms with E-state index in [1.807, 2.05) is 30.9 Å². The maximum absolute atomic E-state index is 12.4. The summed E-state index contributed by atoms with van der Waals surface area (Å²) >= 11 is 0. The van der Waals surface area contributed by atoms with Crippen molar-refractivity contribution in [2.24, 2.45) is 5.92 Å². The molecular formula is C15H23N3O. The Morgan fingerprint density at radius 3 is 2.74 bits per heavy atom. The van der Waals surface area contributed by atoms with E-state index in [1.54, 1.807) is 6.20 Å². The number of nitrogens with zero attached hydrogens (tertiary/aromatic N) is 2. The summed E-state index contributed by atoms with van der Waals surface area (Å²) in [6, 6.07) is 3.77. The van der Waals surface area contributed by atoms with E-state index in [0.717, 1.165) is 44.7 Å². The maximum atomic E-state index is 12.4. The number of nitrogens with one attached hydrogen (secondary N) is 1. The van der Waals surface area contributed by atoms with E-state index >= 15 is 0 Å². The summed E-state index contributed by atoms with van der Waals surface area (Å²) in [6.07, 6.45) is 4.01. The largest absolute Gasteiger partial charge is 0.339 e. The second kappa shape index (κ2) is 6.66. The number of hydrogen-bond donors (Lipinski definition) is 1. The lowest BCUT2D eigenvalue weighted by Crippen LogP contribution is -2.39. The zero-order chi connectivity index (χ0) is 13.7. The molecule has 0 unspecified atom stereocenters. The molecule has 1 aliphatic rings. The minimum absolute atomic E-state index is 0.105. The maximum Gasteiger partial charge on any atom is 0.255 e. The van der Waals surface area contributed by atoms with Crippen molar-refractivity contribution in [1.29, 1.82) is 0 Å². The third kappa shape index (κ3) is 3.77. The number of piperidine rings is 1. The molecular weight excluding hydrogens is 238 g/mol. The fourth-order valence-corrected chi connectivity index (χ4v) is 2.51. The summed E-state index contributed by atoms with van der Waals surface area (Å²) in [5.41, 5.74) is 1.64. The topological polar surface area (TPSA) is 45.2 Å². The van der Waals surface area contributed by atoms with Crippen LogP contribution >= 0.6 is 0 Å². The normalized spacial score (nSPS) is 16.3. The van der Waals surface area contributed by atoms with Gasteiger partial charge in [0.2, 0.25) is 0 Å². The van der Waals surface area contributed by atoms with E-state index < -0.39 is 0 Å². The van der Waals surface area contributed by atoms with Crippen molar-refractivity contribution >= 4 is 5.91 Å². The van der Waals surface area contributed by atoms with Gasteiger partial charge in [0.05, 0.1) is 5.56 Å². The summed E-state index contributed by atoms with van der Waals surface area (Å²) in [5, 5.41) is 3.36. The van der Waals surface area contributed by atoms with Gasteiger partial charge in [0.25, 0.3) is 5.91 Å². The van der Waals surface area contributed by atoms with Crippen molar-refractivity contribution < 1.29 is 4.79 Å². The van der Waals surface area contributed by atoms with Gasteiger partial charge in [0, 0.05) is 25.0 Å². The molecule has 0 bridgehead atoms. The molecule has 1 fully saturated rings. The second-order valence-corrected chi connectivity index (χ2v) is 5.23. The first-order chi connectivity index (χ1) is 9.20. The standard InChI is InChI=1S/C15H23N3O/c1-3-18(11-13-6-8-16-9-7-13)15(19)14-5-4-12(2)17-10-14/h4-5,10,13,16H,3,6-9,11H2,1-2H3. The molecule has 4 heteroatoms. The van der Waals surface area contributed by atoms with Crippen molar-refractivity contribution in [3.8, 4) is 0 Å². The number of rotatable bonds is 4. The molecule has 0 spiro atoms. The van der Waals surface area contributed by atoms with Crippen LogP contribution in [0.1, 0.15) is 35.8 Å². The van der Waals surface area contributed by atoms with Gasteiger partial charge in [-0.15, -0.1) is 0 Å². The molecule has 2 rings (SSSR count). The van der Waals surface area contributed by atoms with Crippen molar-refractivity contribution in [2.75, 3.05) is 26.2 Å². The second-order valence-electron chi connectivity index (χ2n) is 5.23. The lowest BCUT2D eigenvalue weighted by Gasteiger charge is -2.29. The van der Waals surface area contributed by atoms with Gasteiger partial charge in [0.1, 0.15) is 0 Å². The summed E-state index contributed by atoms with van der Waals surface area (Å²) in [4.78, 5) is 18.6. The van der Waals surface area contributed by atoms with Crippen LogP contribution < -0.4 is 5.32 Å². The summed E-state index contributed by atoms with van der Waals surface area (Å²) < 4.78 is 0. The zero-order valence-electron chi connectivity index (χ0n) is 11.9. The van der Waals surface area contributed by atoms with Gasteiger partial charge in [0.15, 0.2) is 0 Å². The predicted molar refractivity (Wildman–Crippen MR) is 76.1 cm³/mol. The van der Waals surface area contributed by atoms with Crippen LogP contribution in [-0.4, -0.2) is 42.0 Å². The molecule has 0 radical (unpaired) electrons. The van der Waals surface area contributed by atoms with Crippen LogP contribution in [0.4, 0.5) is 0 Å². The molecule has 0 atom stereocenters. The minimum Gasteiger partial charge on any atom is -0.339 e. The summed E-state index contributed by atoms with van der Waals surface area (Å²) in [5.74, 6) is 0.733. The summed E-state index contributed by atoms with van der Waals surface area (Å²) in [7, 11) is 0. The molecule has 1 aromatic rings. The van der Waals surface area contributed by atoms with Crippen molar-refractivity contribution in [3.63, 3.8) is 0 Å². The van der Waals surface area contributed by atoms with Crippen molar-refractivity contribution in [3.05, 3.63) is 29.6 Å². The van der Waals surface area contributed by atoms with Crippen LogP contribution in [0, 0.1) is 12.8 Å². The fraction of sp³-hybridized carbons (Fsp3) is 0.600. The Morgan fingerprint density at radius 2 is 2.16 bits per heavy atom. The Morgan fingerprint density at radius 1 is 1.42 bits per heavy atom. The average Bonchev–Trinajstić information content (AvgIpc) is 2.46. The van der Waals surface area contributed by atoms with Crippen LogP contribution in [0.3, 0.4) is 0 Å². The van der Waals surface area contributed by atoms with Crippen LogP contribution in [0.5, 0.6) is 0 Å². The van der Waals surface area contributed by atoms with Gasteiger partial charge >= 0.3 is 0 Å². The van der Waals surface area contributed by atoms with E-state index in [1.165, 1.54) is 0 Å². The fourth-order valence-electron chi connectivity index (χ4n) is 2.51. The van der Waals surface area contributed by atoms with Crippen LogP contribution in [-0.2, 0) is 0 Å². The first kappa shape index (κ1) is 14.0. The van der Waals surface area contributed by atoms with E-state index in [2.05, 4.69) is 10.3 Å². The average molecular weight is 261 g/mol. The SMILES string of the molecule is CCN(CC1CCNCC1)C(=O)c1ccc(C)nc1. The third-order valence-electron chi connectivity index (χ3n) is 3.76. The van der Waals surface area contributed by atoms with E-state index in [-0.39, 0.29) is 5.91 Å². The highest BCUT2D eigenvalue weighted by Crippen LogP contribution is 2.15. The monoisotopic (exact) mass is 261 g/mol. The Hall–Kier alpha value is -1.42. The Balaban J connectivity index is 1.99. The van der Waals surface area contributed by atoms with Crippen LogP contribution in [0.2, 0.25) is 0 Å². The van der Waals surface area contributed by atoms with Gasteiger partial charge in [-0.3, -0.25) is 9.78 Å². The number of amides is 1. The van der Waals surface area contributed by atoms with Gasteiger partial charge in [-0.2, -0.15) is 0 Å². The molecule has 1 N–H and O–H groups in total. The number of carbonyl (C=O) groups excluding carboxylic acids is 1. The number of aryl methyl sites for hydroxylation is 1. The van der Waals surface area contributed by atoms with Crippen molar-refractivity contribution in [2.45, 2.75) is 26.7 Å². The molecule has 1 amide bonds. The number of aromatic nitrogens is 1. The molecule has 4 nitrogen and oxygen atoms in total. The molecule has 0 aromatic carbocycles. The van der Waals surface area contributed by atoms with Gasteiger partial charge in [-0.25, -0.2) is 0 Å². The first-order valence-corrected chi connectivity index (χ1v) is 7.13. The lowest BCUT2D eigenvalue weighted by molar-refractivity contribution is 0.0726. The zero-order valence-corrected chi connectivity index (χ0v) is 11.9. The lowest BCUT2D eigenvalue weighted by atomic mass is 9.97. The molecule has 1 aromatic heterocycles. The smallest absolute Gasteiger partial charge is 0.255 e. The third-order valence-corrected chi connectivity index (χ3v) is 3.76. The highest BCUT2D eigenvalue weighted by molar-refractivity contribution is 5.93. The Bertz CT molecular complexity index is 410. The van der Waals surface area contributed by atoms with E-state index in [4.69, 9.17) is 0 Å². The molecule has 104 valence electrons. The van der Waals surface area contributed by atoms with Gasteiger partial charge < -0.3 is 10.2 Å². The first-order valence-electron chi connectivity index (χ1n) is 7.13. The van der Waals surface area contributed by atoms with Gasteiger partial charge in [-0.05, 0) is 57.8 Å². The highest BCUT2D eigenvalue weighted by atomic mass is 16.2. The molecule has 2 heterocycles. The number of pyridine rings is 1. The molecule has 1 saturated heterocycles. The van der Waals surface area contributed by atoms with Crippen LogP contribution in [0.25, 0.3) is 0 Å². The van der Waals surface area contributed by atoms with E-state index in [9.17, 15) is 4.79 Å². The Kier molecular flexibility index (Phi) is 4.91. The predicted octanol–water partition coefficient (Wildman–Crippen LogP) is 1.85. The number of hydrogen-bond acceptors (Lipinski definition) is 3. The minimum atomic E-state index is 0.105. The molecule has 0 saturated carbocycles. The quantitative estimate of drug-likeness (QED) is 0.899. The highest BCUT2D eigenvalue weighted by Gasteiger charge is 2.20. The van der Waals surface area contributed by atoms with Crippen LogP contribution in [0.15, 0.2) is 18.3 Å². The molecule has 0 aliphatic carbocycles. The van der Waals surface area contributed by atoms with Crippen molar-refractivity contribution in [1.82, 2.24) is 15.2 Å². The van der Waals surface area contributed by atoms with E-state index in [0.29, 0.717) is 11.5 Å². The Labute approximate surface area is 115 Å². The van der Waals surface area contributed by atoms with Gasteiger partial charge in [-0.1, -0.05) is 0 Å². The molecule has 1 aliphatic heterocycles. The molecule has 19 heavy (non-hydrogen) atoms.